The topological polar surface area (TPSA) is 30.0 Å². The SMILES string of the molecule is O=C(CC1Cc2ccccc21)c1ccncc1Cl. The number of pyridine rings is 1. The Morgan fingerprint density at radius 1 is 1.33 bits per heavy atom. The van der Waals surface area contributed by atoms with Crippen LogP contribution in [0.1, 0.15) is 33.8 Å². The molecule has 0 saturated heterocycles. The van der Waals surface area contributed by atoms with Gasteiger partial charge in [0.2, 0.25) is 0 Å². The van der Waals surface area contributed by atoms with Crippen LogP contribution in [0.25, 0.3) is 0 Å². The van der Waals surface area contributed by atoms with E-state index in [0.717, 1.165) is 6.42 Å². The Balaban J connectivity index is 1.76. The number of Topliss-reactive ketones (excluding diaryl/α,β-unsaturated/α-hetero) is 1. The zero-order valence-electron chi connectivity index (χ0n) is 9.77. The normalized spacial score (nSPS) is 16.8. The van der Waals surface area contributed by atoms with Crippen LogP contribution in [0.5, 0.6) is 0 Å². The summed E-state index contributed by atoms with van der Waals surface area (Å²) in [5, 5.41) is 0.440. The Kier molecular flexibility index (Phi) is 2.88. The van der Waals surface area contributed by atoms with Gasteiger partial charge in [-0.1, -0.05) is 35.9 Å². The third-order valence-electron chi connectivity index (χ3n) is 3.47. The van der Waals surface area contributed by atoms with Crippen LogP contribution in [0.4, 0.5) is 0 Å². The van der Waals surface area contributed by atoms with Crippen molar-refractivity contribution in [2.45, 2.75) is 18.8 Å². The first-order chi connectivity index (χ1) is 8.75. The van der Waals surface area contributed by atoms with Gasteiger partial charge >= 0.3 is 0 Å². The van der Waals surface area contributed by atoms with E-state index in [4.69, 9.17) is 11.6 Å². The summed E-state index contributed by atoms with van der Waals surface area (Å²) >= 11 is 5.98. The number of fused-ring (bicyclic) bond motifs is 1. The number of nitrogens with zero attached hydrogens (tertiary/aromatic N) is 1. The van der Waals surface area contributed by atoms with Crippen LogP contribution in [0, 0.1) is 0 Å². The molecule has 1 aliphatic rings. The van der Waals surface area contributed by atoms with Crippen molar-refractivity contribution in [3.63, 3.8) is 0 Å². The molecule has 2 aromatic rings. The lowest BCUT2D eigenvalue weighted by atomic mass is 9.74. The maximum absolute atomic E-state index is 12.2. The molecule has 0 amide bonds. The van der Waals surface area contributed by atoms with Gasteiger partial charge in [0.05, 0.1) is 5.02 Å². The van der Waals surface area contributed by atoms with E-state index in [1.165, 1.54) is 17.3 Å². The van der Waals surface area contributed by atoms with E-state index in [0.29, 0.717) is 22.9 Å². The molecule has 0 aliphatic heterocycles. The van der Waals surface area contributed by atoms with Crippen LogP contribution in [0.2, 0.25) is 5.02 Å². The Morgan fingerprint density at radius 3 is 2.94 bits per heavy atom. The highest BCUT2D eigenvalue weighted by atomic mass is 35.5. The number of hydrogen-bond donors (Lipinski definition) is 0. The van der Waals surface area contributed by atoms with Gasteiger partial charge in [0, 0.05) is 24.4 Å². The maximum atomic E-state index is 12.2. The van der Waals surface area contributed by atoms with Gasteiger partial charge in [0.15, 0.2) is 5.78 Å². The van der Waals surface area contributed by atoms with Gasteiger partial charge in [-0.05, 0) is 29.5 Å². The molecule has 3 rings (SSSR count). The summed E-state index contributed by atoms with van der Waals surface area (Å²) in [6, 6.07) is 9.97. The van der Waals surface area contributed by atoms with Crippen molar-refractivity contribution in [3.05, 3.63) is 64.4 Å². The van der Waals surface area contributed by atoms with Crippen LogP contribution < -0.4 is 0 Å². The second-order valence-electron chi connectivity index (χ2n) is 4.58. The fraction of sp³-hybridized carbons (Fsp3) is 0.200. The number of benzene rings is 1. The zero-order chi connectivity index (χ0) is 12.5. The fourth-order valence-electron chi connectivity index (χ4n) is 2.48. The quantitative estimate of drug-likeness (QED) is 0.786. The monoisotopic (exact) mass is 257 g/mol. The van der Waals surface area contributed by atoms with Crippen LogP contribution >= 0.6 is 11.6 Å². The van der Waals surface area contributed by atoms with Gasteiger partial charge in [0.25, 0.3) is 0 Å². The van der Waals surface area contributed by atoms with Gasteiger partial charge in [-0.15, -0.1) is 0 Å². The smallest absolute Gasteiger partial charge is 0.165 e. The molecule has 1 aromatic heterocycles. The van der Waals surface area contributed by atoms with Crippen LogP contribution in [-0.4, -0.2) is 10.8 Å². The van der Waals surface area contributed by atoms with Gasteiger partial charge in [0.1, 0.15) is 0 Å². The summed E-state index contributed by atoms with van der Waals surface area (Å²) in [7, 11) is 0. The lowest BCUT2D eigenvalue weighted by molar-refractivity contribution is 0.0970. The number of rotatable bonds is 3. The van der Waals surface area contributed by atoms with Gasteiger partial charge < -0.3 is 0 Å². The average Bonchev–Trinajstić information content (AvgIpc) is 2.36. The molecule has 0 saturated carbocycles. The maximum Gasteiger partial charge on any atom is 0.165 e. The molecule has 1 heterocycles. The van der Waals surface area contributed by atoms with Crippen molar-refractivity contribution in [1.82, 2.24) is 4.98 Å². The highest BCUT2D eigenvalue weighted by molar-refractivity contribution is 6.33. The van der Waals surface area contributed by atoms with Crippen LogP contribution in [0.15, 0.2) is 42.7 Å². The Labute approximate surface area is 111 Å². The first-order valence-electron chi connectivity index (χ1n) is 5.96. The summed E-state index contributed by atoms with van der Waals surface area (Å²) in [4.78, 5) is 16.1. The van der Waals surface area contributed by atoms with Crippen LogP contribution in [-0.2, 0) is 6.42 Å². The summed E-state index contributed by atoms with van der Waals surface area (Å²) in [5.74, 6) is 0.444. The molecule has 0 N–H and O–H groups in total. The molecule has 90 valence electrons. The molecular weight excluding hydrogens is 246 g/mol. The molecule has 1 unspecified atom stereocenters. The van der Waals surface area contributed by atoms with Crippen molar-refractivity contribution < 1.29 is 4.79 Å². The summed E-state index contributed by atoms with van der Waals surface area (Å²) in [6.07, 6.45) is 4.64. The largest absolute Gasteiger partial charge is 0.294 e. The fourth-order valence-corrected chi connectivity index (χ4v) is 2.70. The lowest BCUT2D eigenvalue weighted by Crippen LogP contribution is -2.20. The second-order valence-corrected chi connectivity index (χ2v) is 4.99. The molecule has 18 heavy (non-hydrogen) atoms. The van der Waals surface area contributed by atoms with Crippen molar-refractivity contribution in [2.24, 2.45) is 0 Å². The van der Waals surface area contributed by atoms with E-state index in [1.54, 1.807) is 12.3 Å². The third-order valence-corrected chi connectivity index (χ3v) is 3.77. The number of hydrogen-bond acceptors (Lipinski definition) is 2. The summed E-state index contributed by atoms with van der Waals surface area (Å²) in [6.45, 7) is 0. The van der Waals surface area contributed by atoms with Gasteiger partial charge in [-0.2, -0.15) is 0 Å². The van der Waals surface area contributed by atoms with Crippen molar-refractivity contribution in [2.75, 3.05) is 0 Å². The number of halogens is 1. The van der Waals surface area contributed by atoms with Crippen molar-refractivity contribution >= 4 is 17.4 Å². The molecule has 0 bridgehead atoms. The van der Waals surface area contributed by atoms with E-state index in [2.05, 4.69) is 17.1 Å². The highest BCUT2D eigenvalue weighted by Gasteiger charge is 2.28. The Hall–Kier alpha value is -1.67. The molecule has 0 spiro atoms. The number of aromatic nitrogens is 1. The first-order valence-corrected chi connectivity index (χ1v) is 6.34. The summed E-state index contributed by atoms with van der Waals surface area (Å²) in [5.41, 5.74) is 3.24. The molecule has 1 aliphatic carbocycles. The van der Waals surface area contributed by atoms with E-state index in [-0.39, 0.29) is 5.78 Å². The number of carbonyl (C=O) groups excluding carboxylic acids is 1. The minimum Gasteiger partial charge on any atom is -0.294 e. The predicted molar refractivity (Wildman–Crippen MR) is 71.1 cm³/mol. The first kappa shape index (κ1) is 11.4. The molecule has 1 aromatic carbocycles. The Bertz CT molecular complexity index is 609. The lowest BCUT2D eigenvalue weighted by Gasteiger charge is -2.29. The molecule has 1 atom stereocenters. The number of carbonyl (C=O) groups is 1. The summed E-state index contributed by atoms with van der Waals surface area (Å²) < 4.78 is 0. The molecule has 0 radical (unpaired) electrons. The van der Waals surface area contributed by atoms with E-state index < -0.39 is 0 Å². The third kappa shape index (κ3) is 1.93. The van der Waals surface area contributed by atoms with E-state index in [1.807, 2.05) is 12.1 Å². The van der Waals surface area contributed by atoms with Crippen molar-refractivity contribution in [1.29, 1.82) is 0 Å². The molecular formula is C15H12ClNO. The van der Waals surface area contributed by atoms with Gasteiger partial charge in [-0.25, -0.2) is 0 Å². The van der Waals surface area contributed by atoms with Crippen LogP contribution in [0.3, 0.4) is 0 Å². The highest BCUT2D eigenvalue weighted by Crippen LogP contribution is 2.38. The predicted octanol–water partition coefficient (Wildman–Crippen LogP) is 3.65. The average molecular weight is 258 g/mol. The minimum atomic E-state index is 0.0990. The second kappa shape index (κ2) is 4.54. The molecule has 0 fully saturated rings. The minimum absolute atomic E-state index is 0.0990. The van der Waals surface area contributed by atoms with E-state index >= 15 is 0 Å². The molecule has 3 heteroatoms. The number of ketones is 1. The van der Waals surface area contributed by atoms with Crippen molar-refractivity contribution in [3.8, 4) is 0 Å². The standard InChI is InChI=1S/C15H12ClNO/c16-14-9-17-6-5-13(14)15(18)8-11-7-10-3-1-2-4-12(10)11/h1-6,9,11H,7-8H2. The molecule has 2 nitrogen and oxygen atoms in total. The van der Waals surface area contributed by atoms with Gasteiger partial charge in [-0.3, -0.25) is 9.78 Å². The Morgan fingerprint density at radius 2 is 2.17 bits per heavy atom. The van der Waals surface area contributed by atoms with E-state index in [9.17, 15) is 4.79 Å². The zero-order valence-corrected chi connectivity index (χ0v) is 10.5.